The summed E-state index contributed by atoms with van der Waals surface area (Å²) in [5, 5.41) is 0.585. The van der Waals surface area contributed by atoms with Gasteiger partial charge in [0.1, 0.15) is 5.75 Å². The van der Waals surface area contributed by atoms with E-state index in [9.17, 15) is 9.59 Å². The van der Waals surface area contributed by atoms with E-state index in [-0.39, 0.29) is 11.3 Å². The molecule has 0 bridgehead atoms. The molecule has 0 fully saturated rings. The highest BCUT2D eigenvalue weighted by Crippen LogP contribution is 2.27. The Morgan fingerprint density at radius 3 is 2.75 bits per heavy atom. The maximum atomic E-state index is 11.7. The van der Waals surface area contributed by atoms with E-state index >= 15 is 0 Å². The van der Waals surface area contributed by atoms with E-state index < -0.39 is 0 Å². The quantitative estimate of drug-likeness (QED) is 0.449. The predicted molar refractivity (Wildman–Crippen MR) is 96.0 cm³/mol. The Balaban J connectivity index is 2.22. The minimum Gasteiger partial charge on any atom is -0.494 e. The Kier molecular flexibility index (Phi) is 6.61. The van der Waals surface area contributed by atoms with Gasteiger partial charge in [0.05, 0.1) is 6.61 Å². The van der Waals surface area contributed by atoms with Crippen LogP contribution in [0.15, 0.2) is 34.2 Å². The van der Waals surface area contributed by atoms with Gasteiger partial charge in [-0.1, -0.05) is 25.1 Å². The zero-order chi connectivity index (χ0) is 17.5. The van der Waals surface area contributed by atoms with Gasteiger partial charge in [-0.2, -0.15) is 0 Å². The van der Waals surface area contributed by atoms with Crippen LogP contribution >= 0.6 is 11.8 Å². The lowest BCUT2D eigenvalue weighted by molar-refractivity contribution is 0.101. The molecule has 5 nitrogen and oxygen atoms in total. The van der Waals surface area contributed by atoms with Gasteiger partial charge in [-0.15, -0.1) is 0 Å². The Morgan fingerprint density at radius 2 is 2.08 bits per heavy atom. The molecule has 0 aliphatic heterocycles. The van der Waals surface area contributed by atoms with Crippen LogP contribution in [0.3, 0.4) is 0 Å². The van der Waals surface area contributed by atoms with E-state index in [1.54, 1.807) is 13.0 Å². The third kappa shape index (κ3) is 4.96. The molecule has 1 aromatic heterocycles. The van der Waals surface area contributed by atoms with Crippen LogP contribution in [0.4, 0.5) is 0 Å². The number of nitrogens with one attached hydrogen (secondary N) is 1. The highest BCUT2D eigenvalue weighted by atomic mass is 32.2. The second-order valence-corrected chi connectivity index (χ2v) is 6.36. The van der Waals surface area contributed by atoms with Crippen LogP contribution in [0, 0.1) is 0 Å². The lowest BCUT2D eigenvalue weighted by Gasteiger charge is -2.11. The lowest BCUT2D eigenvalue weighted by atomic mass is 10.1. The second kappa shape index (κ2) is 8.68. The predicted octanol–water partition coefficient (Wildman–Crippen LogP) is 3.62. The molecule has 0 unspecified atom stereocenters. The second-order valence-electron chi connectivity index (χ2n) is 5.39. The van der Waals surface area contributed by atoms with Gasteiger partial charge in [0.2, 0.25) is 0 Å². The molecule has 0 aliphatic rings. The molecule has 0 spiro atoms. The number of Topliss-reactive ketones (excluding diaryl/α,β-unsaturated/α-hetero) is 1. The minimum absolute atomic E-state index is 0.0146. The number of ether oxygens (including phenoxy) is 1. The number of aromatic amines is 1. The lowest BCUT2D eigenvalue weighted by Crippen LogP contribution is -2.10. The number of carbonyl (C=O) groups excluding carboxylic acids is 1. The summed E-state index contributed by atoms with van der Waals surface area (Å²) in [7, 11) is 0. The van der Waals surface area contributed by atoms with Crippen LogP contribution in [-0.2, 0) is 12.2 Å². The first-order valence-electron chi connectivity index (χ1n) is 8.03. The molecule has 0 aliphatic carbocycles. The third-order valence-electron chi connectivity index (χ3n) is 3.41. The van der Waals surface area contributed by atoms with Crippen molar-refractivity contribution < 1.29 is 9.53 Å². The number of aromatic nitrogens is 2. The van der Waals surface area contributed by atoms with Gasteiger partial charge in [-0.05, 0) is 38.5 Å². The average molecular weight is 346 g/mol. The van der Waals surface area contributed by atoms with Crippen molar-refractivity contribution in [2.75, 3.05) is 6.61 Å². The molecule has 128 valence electrons. The Bertz CT molecular complexity index is 771. The van der Waals surface area contributed by atoms with Gasteiger partial charge in [-0.3, -0.25) is 9.59 Å². The molecule has 1 heterocycles. The third-order valence-corrected chi connectivity index (χ3v) is 4.33. The summed E-state index contributed by atoms with van der Waals surface area (Å²) in [5.74, 6) is 1.33. The number of rotatable bonds is 8. The number of carbonyl (C=O) groups is 1. The van der Waals surface area contributed by atoms with Gasteiger partial charge in [0.25, 0.3) is 5.56 Å². The van der Waals surface area contributed by atoms with Crippen LogP contribution in [-0.4, -0.2) is 22.4 Å². The average Bonchev–Trinajstić information content (AvgIpc) is 2.54. The van der Waals surface area contributed by atoms with Crippen molar-refractivity contribution in [2.24, 2.45) is 0 Å². The number of hydrogen-bond acceptors (Lipinski definition) is 5. The molecule has 0 saturated carbocycles. The summed E-state index contributed by atoms with van der Waals surface area (Å²) in [6.45, 7) is 6.07. The number of ketones is 1. The van der Waals surface area contributed by atoms with E-state index in [2.05, 4.69) is 16.9 Å². The molecule has 0 radical (unpaired) electrons. The summed E-state index contributed by atoms with van der Waals surface area (Å²) >= 11 is 1.43. The normalized spacial score (nSPS) is 10.6. The highest BCUT2D eigenvalue weighted by molar-refractivity contribution is 7.98. The van der Waals surface area contributed by atoms with Crippen LogP contribution in [0.2, 0.25) is 0 Å². The van der Waals surface area contributed by atoms with Crippen molar-refractivity contribution in [3.63, 3.8) is 0 Å². The Hall–Kier alpha value is -2.08. The first-order valence-corrected chi connectivity index (χ1v) is 9.01. The summed E-state index contributed by atoms with van der Waals surface area (Å²) in [4.78, 5) is 30.6. The van der Waals surface area contributed by atoms with Crippen molar-refractivity contribution in [2.45, 2.75) is 44.5 Å². The number of aryl methyl sites for hydroxylation is 1. The number of nitrogens with zero attached hydrogens (tertiary/aromatic N) is 1. The maximum absolute atomic E-state index is 11.7. The molecule has 1 N–H and O–H groups in total. The van der Waals surface area contributed by atoms with Gasteiger partial charge in [-0.25, -0.2) is 4.98 Å². The fourth-order valence-electron chi connectivity index (χ4n) is 2.29. The molecule has 24 heavy (non-hydrogen) atoms. The number of thioether (sulfide) groups is 1. The molecule has 1 aromatic carbocycles. The SMILES string of the molecule is CCCc1cc(=O)[nH]c(SCc2cc(C(C)=O)ccc2OCC)n1. The van der Waals surface area contributed by atoms with Crippen LogP contribution in [0.1, 0.15) is 48.8 Å². The largest absolute Gasteiger partial charge is 0.494 e. The Morgan fingerprint density at radius 1 is 1.29 bits per heavy atom. The van der Waals surface area contributed by atoms with E-state index in [1.807, 2.05) is 19.1 Å². The van der Waals surface area contributed by atoms with Gasteiger partial charge >= 0.3 is 0 Å². The van der Waals surface area contributed by atoms with Crippen molar-refractivity contribution in [3.05, 3.63) is 51.4 Å². The van der Waals surface area contributed by atoms with Gasteiger partial charge in [0, 0.05) is 28.6 Å². The van der Waals surface area contributed by atoms with Gasteiger partial charge in [0.15, 0.2) is 10.9 Å². The number of benzene rings is 1. The molecular weight excluding hydrogens is 324 g/mol. The fraction of sp³-hybridized carbons (Fsp3) is 0.389. The monoisotopic (exact) mass is 346 g/mol. The molecule has 0 atom stereocenters. The van der Waals surface area contributed by atoms with Crippen LogP contribution in [0.25, 0.3) is 0 Å². The zero-order valence-electron chi connectivity index (χ0n) is 14.2. The van der Waals surface area contributed by atoms with E-state index in [0.29, 0.717) is 23.1 Å². The fourth-order valence-corrected chi connectivity index (χ4v) is 3.16. The first kappa shape index (κ1) is 18.3. The van der Waals surface area contributed by atoms with Crippen LogP contribution in [0.5, 0.6) is 5.75 Å². The number of hydrogen-bond donors (Lipinski definition) is 1. The molecule has 2 aromatic rings. The standard InChI is InChI=1S/C18H22N2O3S/c1-4-6-15-10-17(22)20-18(19-15)24-11-14-9-13(12(3)21)7-8-16(14)23-5-2/h7-10H,4-6,11H2,1-3H3,(H,19,20,22). The zero-order valence-corrected chi connectivity index (χ0v) is 15.0. The summed E-state index contributed by atoms with van der Waals surface area (Å²) in [6, 6.07) is 6.97. The smallest absolute Gasteiger partial charge is 0.251 e. The minimum atomic E-state index is -0.140. The first-order chi connectivity index (χ1) is 11.5. The van der Waals surface area contributed by atoms with Crippen molar-refractivity contribution in [3.8, 4) is 5.75 Å². The van der Waals surface area contributed by atoms with E-state index in [1.165, 1.54) is 17.8 Å². The molecule has 2 rings (SSSR count). The summed E-state index contributed by atoms with van der Waals surface area (Å²) in [6.07, 6.45) is 1.72. The molecular formula is C18H22N2O3S. The maximum Gasteiger partial charge on any atom is 0.251 e. The van der Waals surface area contributed by atoms with Crippen molar-refractivity contribution >= 4 is 17.5 Å². The molecule has 0 amide bonds. The highest BCUT2D eigenvalue weighted by Gasteiger charge is 2.10. The van der Waals surface area contributed by atoms with Gasteiger partial charge < -0.3 is 9.72 Å². The molecule has 0 saturated heterocycles. The van der Waals surface area contributed by atoms with Crippen molar-refractivity contribution in [1.82, 2.24) is 9.97 Å². The summed E-state index contributed by atoms with van der Waals surface area (Å²) < 4.78 is 5.63. The van der Waals surface area contributed by atoms with E-state index in [4.69, 9.17) is 4.74 Å². The van der Waals surface area contributed by atoms with Crippen molar-refractivity contribution in [1.29, 1.82) is 0 Å². The van der Waals surface area contributed by atoms with E-state index in [0.717, 1.165) is 29.8 Å². The Labute approximate surface area is 145 Å². The number of H-pyrrole nitrogens is 1. The topological polar surface area (TPSA) is 72.0 Å². The van der Waals surface area contributed by atoms with Crippen LogP contribution < -0.4 is 10.3 Å². The molecule has 6 heteroatoms. The summed E-state index contributed by atoms with van der Waals surface area (Å²) in [5.41, 5.74) is 2.22.